The maximum Gasteiger partial charge on any atom is 0.229 e. The molecular formula is C16H30N2O3. The van der Waals surface area contributed by atoms with Gasteiger partial charge in [0.25, 0.3) is 0 Å². The molecule has 2 unspecified atom stereocenters. The average Bonchev–Trinajstić information content (AvgIpc) is 2.48. The Balaban J connectivity index is 2.09. The number of aliphatic hydroxyl groups is 1. The Morgan fingerprint density at radius 2 is 2.10 bits per heavy atom. The third-order valence-electron chi connectivity index (χ3n) is 5.24. The van der Waals surface area contributed by atoms with Gasteiger partial charge in [0.05, 0.1) is 24.2 Å². The zero-order valence-electron chi connectivity index (χ0n) is 13.4. The van der Waals surface area contributed by atoms with Crippen molar-refractivity contribution in [2.24, 2.45) is 11.3 Å². The van der Waals surface area contributed by atoms with Gasteiger partial charge in [0.1, 0.15) is 0 Å². The van der Waals surface area contributed by atoms with Crippen molar-refractivity contribution in [3.8, 4) is 0 Å². The summed E-state index contributed by atoms with van der Waals surface area (Å²) in [5, 5.41) is 16.4. The van der Waals surface area contributed by atoms with Gasteiger partial charge >= 0.3 is 0 Å². The molecule has 2 atom stereocenters. The predicted octanol–water partition coefficient (Wildman–Crippen LogP) is 1.06. The zero-order chi connectivity index (χ0) is 15.3. The monoisotopic (exact) mass is 298 g/mol. The SMILES string of the molecule is COCC1(C(=O)NC2(CO)CCCC(C)C2)CCNCC1. The van der Waals surface area contributed by atoms with Crippen LogP contribution in [0.1, 0.15) is 45.4 Å². The standard InChI is InChI=1S/C16H30N2O3/c1-13-4-3-5-16(10-13,11-19)18-14(20)15(12-21-2)6-8-17-9-7-15/h13,17,19H,3-12H2,1-2H3,(H,18,20). The Bertz CT molecular complexity index is 350. The molecule has 1 heterocycles. The highest BCUT2D eigenvalue weighted by Gasteiger charge is 2.44. The lowest BCUT2D eigenvalue weighted by Crippen LogP contribution is -2.60. The highest BCUT2D eigenvalue weighted by Crippen LogP contribution is 2.35. The molecule has 5 heteroatoms. The van der Waals surface area contributed by atoms with E-state index in [2.05, 4.69) is 17.6 Å². The van der Waals surface area contributed by atoms with Crippen LogP contribution in [0.15, 0.2) is 0 Å². The molecule has 0 bridgehead atoms. The fraction of sp³-hybridized carbons (Fsp3) is 0.938. The van der Waals surface area contributed by atoms with Crippen LogP contribution >= 0.6 is 0 Å². The molecule has 1 saturated heterocycles. The number of hydrogen-bond donors (Lipinski definition) is 3. The Kier molecular flexibility index (Phi) is 5.63. The Labute approximate surface area is 127 Å². The predicted molar refractivity (Wildman–Crippen MR) is 82.0 cm³/mol. The lowest BCUT2D eigenvalue weighted by Gasteiger charge is -2.43. The van der Waals surface area contributed by atoms with Crippen molar-refractivity contribution in [3.63, 3.8) is 0 Å². The molecule has 21 heavy (non-hydrogen) atoms. The van der Waals surface area contributed by atoms with Gasteiger partial charge in [-0.2, -0.15) is 0 Å². The molecule has 5 nitrogen and oxygen atoms in total. The second kappa shape index (κ2) is 7.07. The molecule has 2 aliphatic rings. The number of carbonyl (C=O) groups excluding carboxylic acids is 1. The molecule has 1 saturated carbocycles. The van der Waals surface area contributed by atoms with E-state index in [1.54, 1.807) is 7.11 Å². The topological polar surface area (TPSA) is 70.6 Å². The van der Waals surface area contributed by atoms with Crippen LogP contribution in [-0.4, -0.2) is 50.0 Å². The molecule has 3 N–H and O–H groups in total. The van der Waals surface area contributed by atoms with Crippen LogP contribution in [0, 0.1) is 11.3 Å². The number of carbonyl (C=O) groups is 1. The highest BCUT2D eigenvalue weighted by molar-refractivity contribution is 5.83. The number of hydrogen-bond acceptors (Lipinski definition) is 4. The molecule has 1 aliphatic heterocycles. The van der Waals surface area contributed by atoms with E-state index >= 15 is 0 Å². The number of aliphatic hydroxyl groups excluding tert-OH is 1. The van der Waals surface area contributed by atoms with E-state index < -0.39 is 11.0 Å². The van der Waals surface area contributed by atoms with Crippen molar-refractivity contribution in [1.29, 1.82) is 0 Å². The fourth-order valence-corrected chi connectivity index (χ4v) is 3.95. The summed E-state index contributed by atoms with van der Waals surface area (Å²) in [5.74, 6) is 0.617. The maximum absolute atomic E-state index is 12.9. The summed E-state index contributed by atoms with van der Waals surface area (Å²) in [5.41, 5.74) is -0.872. The van der Waals surface area contributed by atoms with Crippen LogP contribution < -0.4 is 10.6 Å². The van der Waals surface area contributed by atoms with Crippen LogP contribution in [0.2, 0.25) is 0 Å². The van der Waals surface area contributed by atoms with Gasteiger partial charge < -0.3 is 20.5 Å². The third-order valence-corrected chi connectivity index (χ3v) is 5.24. The number of nitrogens with one attached hydrogen (secondary N) is 2. The summed E-state index contributed by atoms with van der Waals surface area (Å²) < 4.78 is 5.33. The first-order valence-corrected chi connectivity index (χ1v) is 8.19. The summed E-state index contributed by atoms with van der Waals surface area (Å²) >= 11 is 0. The number of rotatable bonds is 5. The normalized spacial score (nSPS) is 32.6. The second-order valence-electron chi connectivity index (χ2n) is 7.06. The molecule has 1 amide bonds. The minimum Gasteiger partial charge on any atom is -0.394 e. The summed E-state index contributed by atoms with van der Waals surface area (Å²) in [4.78, 5) is 12.9. The molecule has 0 spiro atoms. The third kappa shape index (κ3) is 3.76. The molecule has 0 aromatic rings. The van der Waals surface area contributed by atoms with Crippen LogP contribution in [-0.2, 0) is 9.53 Å². The van der Waals surface area contributed by atoms with Crippen molar-refractivity contribution >= 4 is 5.91 Å². The van der Waals surface area contributed by atoms with E-state index in [4.69, 9.17) is 4.74 Å². The lowest BCUT2D eigenvalue weighted by atomic mass is 9.74. The van der Waals surface area contributed by atoms with Crippen molar-refractivity contribution in [1.82, 2.24) is 10.6 Å². The molecule has 2 rings (SSSR count). The first-order valence-electron chi connectivity index (χ1n) is 8.19. The van der Waals surface area contributed by atoms with Gasteiger partial charge in [-0.25, -0.2) is 0 Å². The molecular weight excluding hydrogens is 268 g/mol. The van der Waals surface area contributed by atoms with Gasteiger partial charge in [-0.3, -0.25) is 4.79 Å². The van der Waals surface area contributed by atoms with E-state index in [0.717, 1.165) is 45.2 Å². The number of piperidine rings is 1. The summed E-state index contributed by atoms with van der Waals surface area (Å²) in [7, 11) is 1.65. The smallest absolute Gasteiger partial charge is 0.229 e. The minimum absolute atomic E-state index is 0.0321. The van der Waals surface area contributed by atoms with Gasteiger partial charge in [-0.1, -0.05) is 19.8 Å². The molecule has 0 aromatic carbocycles. The summed E-state index contributed by atoms with van der Waals surface area (Å²) in [6.45, 7) is 4.38. The van der Waals surface area contributed by atoms with Gasteiger partial charge in [-0.15, -0.1) is 0 Å². The minimum atomic E-state index is -0.442. The van der Waals surface area contributed by atoms with Crippen molar-refractivity contribution in [3.05, 3.63) is 0 Å². The largest absolute Gasteiger partial charge is 0.394 e. The Morgan fingerprint density at radius 1 is 1.38 bits per heavy atom. The zero-order valence-corrected chi connectivity index (χ0v) is 13.4. The van der Waals surface area contributed by atoms with Gasteiger partial charge in [0, 0.05) is 7.11 Å². The fourth-order valence-electron chi connectivity index (χ4n) is 3.95. The van der Waals surface area contributed by atoms with Crippen molar-refractivity contribution in [2.45, 2.75) is 51.0 Å². The van der Waals surface area contributed by atoms with E-state index in [1.807, 2.05) is 0 Å². The van der Waals surface area contributed by atoms with E-state index in [0.29, 0.717) is 12.5 Å². The van der Waals surface area contributed by atoms with Gasteiger partial charge in [-0.05, 0) is 44.7 Å². The highest BCUT2D eigenvalue weighted by atomic mass is 16.5. The van der Waals surface area contributed by atoms with Crippen LogP contribution in [0.5, 0.6) is 0 Å². The van der Waals surface area contributed by atoms with Gasteiger partial charge in [0.2, 0.25) is 5.91 Å². The molecule has 0 aromatic heterocycles. The van der Waals surface area contributed by atoms with E-state index in [-0.39, 0.29) is 12.5 Å². The Morgan fingerprint density at radius 3 is 2.67 bits per heavy atom. The number of methoxy groups -OCH3 is 1. The number of amides is 1. The maximum atomic E-state index is 12.9. The van der Waals surface area contributed by atoms with Crippen LogP contribution in [0.3, 0.4) is 0 Å². The van der Waals surface area contributed by atoms with Crippen molar-refractivity contribution < 1.29 is 14.6 Å². The summed E-state index contributed by atoms with van der Waals surface area (Å²) in [6.07, 6.45) is 5.59. The molecule has 2 fully saturated rings. The average molecular weight is 298 g/mol. The molecule has 1 aliphatic carbocycles. The van der Waals surface area contributed by atoms with E-state index in [9.17, 15) is 9.90 Å². The van der Waals surface area contributed by atoms with Crippen molar-refractivity contribution in [2.75, 3.05) is 33.4 Å². The van der Waals surface area contributed by atoms with E-state index in [1.165, 1.54) is 6.42 Å². The van der Waals surface area contributed by atoms with Crippen LogP contribution in [0.4, 0.5) is 0 Å². The lowest BCUT2D eigenvalue weighted by molar-refractivity contribution is -0.139. The number of ether oxygens (including phenoxy) is 1. The summed E-state index contributed by atoms with van der Waals surface area (Å²) in [6, 6.07) is 0. The molecule has 122 valence electrons. The Hall–Kier alpha value is -0.650. The quantitative estimate of drug-likeness (QED) is 0.710. The van der Waals surface area contributed by atoms with Crippen LogP contribution in [0.25, 0.3) is 0 Å². The first kappa shape index (κ1) is 16.7. The molecule has 0 radical (unpaired) electrons. The second-order valence-corrected chi connectivity index (χ2v) is 7.06. The first-order chi connectivity index (χ1) is 10.1. The van der Waals surface area contributed by atoms with Gasteiger partial charge in [0.15, 0.2) is 0 Å².